The summed E-state index contributed by atoms with van der Waals surface area (Å²) < 4.78 is 7.02. The fourth-order valence-electron chi connectivity index (χ4n) is 2.80. The first-order chi connectivity index (χ1) is 10.8. The first-order valence-corrected chi connectivity index (χ1v) is 7.42. The molecule has 2 atom stereocenters. The molecule has 2 aromatic heterocycles. The highest BCUT2D eigenvalue weighted by atomic mass is 16.5. The van der Waals surface area contributed by atoms with Crippen molar-refractivity contribution in [3.63, 3.8) is 0 Å². The zero-order valence-electron chi connectivity index (χ0n) is 12.6. The van der Waals surface area contributed by atoms with Crippen LogP contribution in [-0.4, -0.2) is 32.3 Å². The van der Waals surface area contributed by atoms with Crippen molar-refractivity contribution in [1.29, 1.82) is 0 Å². The van der Waals surface area contributed by atoms with Gasteiger partial charge in [0.1, 0.15) is 18.3 Å². The van der Waals surface area contributed by atoms with Crippen molar-refractivity contribution >= 4 is 11.9 Å². The van der Waals surface area contributed by atoms with E-state index in [-0.39, 0.29) is 12.0 Å². The van der Waals surface area contributed by atoms with Crippen LogP contribution in [0.25, 0.3) is 0 Å². The smallest absolute Gasteiger partial charge is 0.317 e. The number of aromatic amines is 1. The Hall–Kier alpha value is -2.57. The monoisotopic (exact) mass is 301 g/mol. The number of hydrogen-bond acceptors (Lipinski definition) is 5. The van der Waals surface area contributed by atoms with Gasteiger partial charge in [0.25, 0.3) is 0 Å². The molecule has 0 saturated heterocycles. The summed E-state index contributed by atoms with van der Waals surface area (Å²) in [4.78, 5) is 19.8. The number of hydrogen-bond donors (Lipinski definition) is 2. The van der Waals surface area contributed by atoms with E-state index in [4.69, 9.17) is 4.74 Å². The molecular weight excluding hydrogens is 282 g/mol. The summed E-state index contributed by atoms with van der Waals surface area (Å²) in [6, 6.07) is 1.67. The highest BCUT2D eigenvalue weighted by Crippen LogP contribution is 2.38. The molecule has 0 radical (unpaired) electrons. The number of fused-ring (bicyclic) bond motifs is 1. The van der Waals surface area contributed by atoms with Gasteiger partial charge in [-0.2, -0.15) is 10.1 Å². The summed E-state index contributed by atoms with van der Waals surface area (Å²) in [6.45, 7) is 4.18. The zero-order valence-corrected chi connectivity index (χ0v) is 12.6. The second kappa shape index (κ2) is 6.05. The molecule has 2 N–H and O–H groups in total. The average molecular weight is 301 g/mol. The first-order valence-electron chi connectivity index (χ1n) is 7.42. The highest BCUT2D eigenvalue weighted by Gasteiger charge is 2.41. The Morgan fingerprint density at radius 2 is 2.36 bits per heavy atom. The van der Waals surface area contributed by atoms with Gasteiger partial charge >= 0.3 is 5.97 Å². The number of nitrogens with one attached hydrogen (secondary N) is 2. The molecule has 116 valence electrons. The second-order valence-electron chi connectivity index (χ2n) is 5.04. The van der Waals surface area contributed by atoms with E-state index in [9.17, 15) is 4.79 Å². The van der Waals surface area contributed by atoms with Crippen LogP contribution in [0.1, 0.15) is 31.9 Å². The third-order valence-corrected chi connectivity index (χ3v) is 3.67. The third-order valence-electron chi connectivity index (χ3n) is 3.67. The molecule has 7 nitrogen and oxygen atoms in total. The Morgan fingerprint density at radius 3 is 3.05 bits per heavy atom. The van der Waals surface area contributed by atoms with Crippen LogP contribution >= 0.6 is 0 Å². The Kier molecular flexibility index (Phi) is 3.95. The van der Waals surface area contributed by atoms with Crippen LogP contribution in [0.15, 0.2) is 36.6 Å². The number of aromatic nitrogens is 4. The summed E-state index contributed by atoms with van der Waals surface area (Å²) in [7, 11) is 0. The summed E-state index contributed by atoms with van der Waals surface area (Å²) in [6.07, 6.45) is 8.00. The van der Waals surface area contributed by atoms with Crippen LogP contribution in [0, 0.1) is 5.92 Å². The van der Waals surface area contributed by atoms with Gasteiger partial charge in [-0.3, -0.25) is 4.79 Å². The maximum Gasteiger partial charge on any atom is 0.317 e. The molecule has 2 aromatic rings. The molecule has 0 aliphatic carbocycles. The summed E-state index contributed by atoms with van der Waals surface area (Å²) >= 11 is 0. The van der Waals surface area contributed by atoms with Gasteiger partial charge in [0, 0.05) is 18.1 Å². The van der Waals surface area contributed by atoms with Crippen molar-refractivity contribution in [3.8, 4) is 0 Å². The average Bonchev–Trinajstić information content (AvgIpc) is 3.17. The fraction of sp³-hybridized carbons (Fsp3) is 0.400. The van der Waals surface area contributed by atoms with Gasteiger partial charge in [0.2, 0.25) is 5.95 Å². The van der Waals surface area contributed by atoms with Crippen molar-refractivity contribution in [2.75, 3.05) is 11.9 Å². The molecule has 1 aliphatic rings. The van der Waals surface area contributed by atoms with E-state index in [1.54, 1.807) is 4.68 Å². The Labute approximate surface area is 128 Å². The van der Waals surface area contributed by atoms with Crippen molar-refractivity contribution in [2.45, 2.75) is 26.3 Å². The number of H-pyrrole nitrogens is 1. The molecule has 22 heavy (non-hydrogen) atoms. The molecular formula is C15H19N5O2. The molecule has 7 heteroatoms. The summed E-state index contributed by atoms with van der Waals surface area (Å²) in [5, 5.41) is 7.47. The standard InChI is InChI=1S/C15H19N5O2/c1-3-5-11-12(14(21)22-4-2)13(10-6-7-16-8-10)20-15(19-11)17-9-18-20/h5-9,12-13,16H,3-4H2,1-2H3,(H,17,18,19)/b11-5+/t12-,13+/m0/s1. The molecule has 3 heterocycles. The van der Waals surface area contributed by atoms with Crippen LogP contribution in [0.4, 0.5) is 5.95 Å². The predicted molar refractivity (Wildman–Crippen MR) is 81.1 cm³/mol. The van der Waals surface area contributed by atoms with Crippen LogP contribution in [-0.2, 0) is 9.53 Å². The van der Waals surface area contributed by atoms with Gasteiger partial charge in [-0.15, -0.1) is 0 Å². The SMILES string of the molecule is CC/C=C1/Nc2ncnn2[C@H](c2cc[nH]c2)[C@H]1C(=O)OCC. The quantitative estimate of drug-likeness (QED) is 0.845. The van der Waals surface area contributed by atoms with Gasteiger partial charge in [-0.05, 0) is 25.0 Å². The van der Waals surface area contributed by atoms with Gasteiger partial charge in [0.15, 0.2) is 0 Å². The molecule has 0 unspecified atom stereocenters. The van der Waals surface area contributed by atoms with Crippen molar-refractivity contribution in [3.05, 3.63) is 42.1 Å². The molecule has 0 spiro atoms. The zero-order chi connectivity index (χ0) is 15.5. The number of carbonyl (C=O) groups is 1. The Bertz CT molecular complexity index is 674. The minimum atomic E-state index is -0.468. The number of ether oxygens (including phenoxy) is 1. The van der Waals surface area contributed by atoms with Crippen molar-refractivity contribution in [1.82, 2.24) is 19.7 Å². The molecule has 0 aromatic carbocycles. The van der Waals surface area contributed by atoms with Gasteiger partial charge in [0.05, 0.1) is 6.61 Å². The molecule has 0 saturated carbocycles. The molecule has 0 amide bonds. The Morgan fingerprint density at radius 1 is 1.50 bits per heavy atom. The van der Waals surface area contributed by atoms with E-state index in [0.29, 0.717) is 12.6 Å². The molecule has 0 fully saturated rings. The largest absolute Gasteiger partial charge is 0.465 e. The molecule has 3 rings (SSSR count). The number of anilines is 1. The lowest BCUT2D eigenvalue weighted by molar-refractivity contribution is -0.147. The lowest BCUT2D eigenvalue weighted by atomic mass is 9.89. The number of carbonyl (C=O) groups excluding carboxylic acids is 1. The van der Waals surface area contributed by atoms with Gasteiger partial charge in [-0.1, -0.05) is 13.0 Å². The molecule has 0 bridgehead atoms. The maximum absolute atomic E-state index is 12.5. The summed E-state index contributed by atoms with van der Waals surface area (Å²) in [5.74, 6) is -0.0987. The van der Waals surface area contributed by atoms with Gasteiger partial charge in [-0.25, -0.2) is 4.68 Å². The normalized spacial score (nSPS) is 22.2. The minimum absolute atomic E-state index is 0.262. The lowest BCUT2D eigenvalue weighted by Crippen LogP contribution is -2.38. The van der Waals surface area contributed by atoms with Crippen molar-refractivity contribution < 1.29 is 9.53 Å². The Balaban J connectivity index is 2.11. The molecule has 1 aliphatic heterocycles. The fourth-order valence-corrected chi connectivity index (χ4v) is 2.80. The van der Waals surface area contributed by atoms with E-state index < -0.39 is 5.92 Å². The lowest BCUT2D eigenvalue weighted by Gasteiger charge is -2.33. The first kappa shape index (κ1) is 14.4. The van der Waals surface area contributed by atoms with Crippen molar-refractivity contribution in [2.24, 2.45) is 5.92 Å². The number of esters is 1. The van der Waals surface area contributed by atoms with Crippen LogP contribution in [0.3, 0.4) is 0 Å². The van der Waals surface area contributed by atoms with Crippen LogP contribution in [0.2, 0.25) is 0 Å². The van der Waals surface area contributed by atoms with Gasteiger partial charge < -0.3 is 15.0 Å². The number of nitrogens with zero attached hydrogens (tertiary/aromatic N) is 3. The minimum Gasteiger partial charge on any atom is -0.465 e. The predicted octanol–water partition coefficient (Wildman–Crippen LogP) is 2.09. The van der Waals surface area contributed by atoms with E-state index >= 15 is 0 Å². The number of allylic oxidation sites excluding steroid dienone is 1. The third kappa shape index (κ3) is 2.38. The number of rotatable bonds is 4. The van der Waals surface area contributed by atoms with E-state index in [2.05, 4.69) is 20.4 Å². The van der Waals surface area contributed by atoms with E-state index in [0.717, 1.165) is 17.7 Å². The topological polar surface area (TPSA) is 84.8 Å². The van der Waals surface area contributed by atoms with E-state index in [1.165, 1.54) is 6.33 Å². The highest BCUT2D eigenvalue weighted by molar-refractivity contribution is 5.79. The van der Waals surface area contributed by atoms with E-state index in [1.807, 2.05) is 38.4 Å². The van der Waals surface area contributed by atoms with Crippen LogP contribution in [0.5, 0.6) is 0 Å². The summed E-state index contributed by atoms with van der Waals surface area (Å²) in [5.41, 5.74) is 1.78. The maximum atomic E-state index is 12.5. The second-order valence-corrected chi connectivity index (χ2v) is 5.04. The van der Waals surface area contributed by atoms with Crippen LogP contribution < -0.4 is 5.32 Å².